The van der Waals surface area contributed by atoms with Gasteiger partial charge in [-0.2, -0.15) is 0 Å². The minimum atomic E-state index is -0.0522. The number of likely N-dealkylation sites (tertiary alicyclic amines) is 2. The predicted octanol–water partition coefficient (Wildman–Crippen LogP) is 3.40. The molecule has 6 nitrogen and oxygen atoms in total. The highest BCUT2D eigenvalue weighted by molar-refractivity contribution is 6.31. The second-order valence-electron chi connectivity index (χ2n) is 8.25. The van der Waals surface area contributed by atoms with Crippen LogP contribution in [0.5, 0.6) is 0 Å². The first-order chi connectivity index (χ1) is 14.6. The molecule has 0 bridgehead atoms. The number of nitrogens with one attached hydrogen (secondary N) is 1. The molecule has 0 aromatic heterocycles. The number of guanidine groups is 1. The molecule has 2 fully saturated rings. The maximum Gasteiger partial charge on any atom is 0.309 e. The first-order valence-electron chi connectivity index (χ1n) is 11.2. The normalized spacial score (nSPS) is 19.7. The predicted molar refractivity (Wildman–Crippen MR) is 122 cm³/mol. The third kappa shape index (κ3) is 6.35. The van der Waals surface area contributed by atoms with Crippen LogP contribution in [0.3, 0.4) is 0 Å². The van der Waals surface area contributed by atoms with Gasteiger partial charge >= 0.3 is 5.97 Å². The Kier molecular flexibility index (Phi) is 8.82. The lowest BCUT2D eigenvalue weighted by atomic mass is 9.96. The lowest BCUT2D eigenvalue weighted by Crippen LogP contribution is -2.48. The monoisotopic (exact) mass is 434 g/mol. The van der Waals surface area contributed by atoms with Crippen LogP contribution in [-0.2, 0) is 16.1 Å². The number of ether oxygens (including phenoxy) is 1. The van der Waals surface area contributed by atoms with E-state index < -0.39 is 0 Å². The summed E-state index contributed by atoms with van der Waals surface area (Å²) in [5, 5.41) is 4.43. The third-order valence-corrected chi connectivity index (χ3v) is 6.60. The molecule has 0 radical (unpaired) electrons. The average molecular weight is 435 g/mol. The van der Waals surface area contributed by atoms with Gasteiger partial charge in [-0.3, -0.25) is 14.7 Å². The van der Waals surface area contributed by atoms with Crippen molar-refractivity contribution in [1.82, 2.24) is 15.1 Å². The largest absolute Gasteiger partial charge is 0.466 e. The number of aliphatic imine (C=N–C) groups is 1. The van der Waals surface area contributed by atoms with Crippen LogP contribution in [0.4, 0.5) is 0 Å². The summed E-state index contributed by atoms with van der Waals surface area (Å²) in [7, 11) is 1.84. The van der Waals surface area contributed by atoms with Crippen molar-refractivity contribution in [2.45, 2.75) is 39.2 Å². The Morgan fingerprint density at radius 3 is 2.50 bits per heavy atom. The molecule has 30 heavy (non-hydrogen) atoms. The molecule has 0 unspecified atom stereocenters. The molecule has 3 rings (SSSR count). The van der Waals surface area contributed by atoms with E-state index in [1.807, 2.05) is 26.1 Å². The van der Waals surface area contributed by atoms with E-state index in [1.54, 1.807) is 0 Å². The summed E-state index contributed by atoms with van der Waals surface area (Å²) >= 11 is 6.31. The zero-order valence-electron chi connectivity index (χ0n) is 18.3. The minimum absolute atomic E-state index is 0.0294. The highest BCUT2D eigenvalue weighted by atomic mass is 35.5. The number of hydrogen-bond acceptors (Lipinski definition) is 4. The summed E-state index contributed by atoms with van der Waals surface area (Å²) in [5.41, 5.74) is 1.21. The van der Waals surface area contributed by atoms with Crippen LogP contribution in [0.1, 0.15) is 38.2 Å². The van der Waals surface area contributed by atoms with E-state index in [0.717, 1.165) is 63.1 Å². The van der Waals surface area contributed by atoms with Crippen molar-refractivity contribution >= 4 is 23.5 Å². The highest BCUT2D eigenvalue weighted by Gasteiger charge is 2.28. The minimum Gasteiger partial charge on any atom is -0.466 e. The van der Waals surface area contributed by atoms with Crippen LogP contribution < -0.4 is 5.32 Å². The van der Waals surface area contributed by atoms with Crippen LogP contribution >= 0.6 is 11.6 Å². The fourth-order valence-electron chi connectivity index (χ4n) is 4.37. The summed E-state index contributed by atoms with van der Waals surface area (Å²) in [5.74, 6) is 1.59. The number of esters is 1. The standard InChI is InChI=1S/C23H35ClN4O2/c1-3-30-22(29)19-10-14-28(15-11-19)23(25-2)26-16-18-8-12-27(13-9-18)17-20-6-4-5-7-21(20)24/h4-7,18-19H,3,8-17H2,1-2H3,(H,25,26). The Bertz CT molecular complexity index is 711. The van der Waals surface area contributed by atoms with Gasteiger partial charge in [-0.1, -0.05) is 29.8 Å². The van der Waals surface area contributed by atoms with E-state index in [9.17, 15) is 4.79 Å². The topological polar surface area (TPSA) is 57.2 Å². The lowest BCUT2D eigenvalue weighted by Gasteiger charge is -2.35. The van der Waals surface area contributed by atoms with Gasteiger partial charge in [0.2, 0.25) is 0 Å². The van der Waals surface area contributed by atoms with Gasteiger partial charge in [0, 0.05) is 38.2 Å². The Labute approximate surface area is 185 Å². The van der Waals surface area contributed by atoms with Crippen molar-refractivity contribution in [3.63, 3.8) is 0 Å². The van der Waals surface area contributed by atoms with Gasteiger partial charge in [-0.15, -0.1) is 0 Å². The Balaban J connectivity index is 1.38. The van der Waals surface area contributed by atoms with Gasteiger partial charge < -0.3 is 15.0 Å². The number of halogens is 1. The Hall–Kier alpha value is -1.79. The van der Waals surface area contributed by atoms with Crippen molar-refractivity contribution in [2.24, 2.45) is 16.8 Å². The summed E-state index contributed by atoms with van der Waals surface area (Å²) in [6.07, 6.45) is 4.03. The SMILES string of the molecule is CCOC(=O)C1CCN(C(=NC)NCC2CCN(Cc3ccccc3Cl)CC2)CC1. The van der Waals surface area contributed by atoms with Gasteiger partial charge in [0.1, 0.15) is 0 Å². The molecule has 0 amide bonds. The van der Waals surface area contributed by atoms with Gasteiger partial charge in [0.05, 0.1) is 12.5 Å². The lowest BCUT2D eigenvalue weighted by molar-refractivity contribution is -0.149. The molecule has 2 heterocycles. The molecule has 1 aromatic rings. The first-order valence-corrected chi connectivity index (χ1v) is 11.6. The fourth-order valence-corrected chi connectivity index (χ4v) is 4.57. The fraction of sp³-hybridized carbons (Fsp3) is 0.652. The zero-order valence-corrected chi connectivity index (χ0v) is 19.0. The van der Waals surface area contributed by atoms with Crippen molar-refractivity contribution in [3.8, 4) is 0 Å². The van der Waals surface area contributed by atoms with Crippen molar-refractivity contribution in [2.75, 3.05) is 46.4 Å². The van der Waals surface area contributed by atoms with Crippen LogP contribution in [0.15, 0.2) is 29.3 Å². The van der Waals surface area contributed by atoms with E-state index in [-0.39, 0.29) is 11.9 Å². The Morgan fingerprint density at radius 1 is 1.17 bits per heavy atom. The van der Waals surface area contributed by atoms with Crippen LogP contribution in [0, 0.1) is 11.8 Å². The second-order valence-corrected chi connectivity index (χ2v) is 8.66. The first kappa shape index (κ1) is 22.9. The van der Waals surface area contributed by atoms with E-state index in [2.05, 4.69) is 32.2 Å². The number of carbonyl (C=O) groups is 1. The van der Waals surface area contributed by atoms with E-state index in [0.29, 0.717) is 12.5 Å². The molecule has 0 atom stereocenters. The average Bonchev–Trinajstić information content (AvgIpc) is 2.77. The third-order valence-electron chi connectivity index (χ3n) is 6.23. The number of benzene rings is 1. The van der Waals surface area contributed by atoms with Gasteiger partial charge in [0.25, 0.3) is 0 Å². The number of rotatable bonds is 6. The molecular weight excluding hydrogens is 400 g/mol. The molecule has 0 spiro atoms. The molecule has 2 saturated heterocycles. The van der Waals surface area contributed by atoms with Crippen molar-refractivity contribution < 1.29 is 9.53 Å². The highest BCUT2D eigenvalue weighted by Crippen LogP contribution is 2.22. The van der Waals surface area contributed by atoms with Gasteiger partial charge in [-0.25, -0.2) is 0 Å². The molecule has 7 heteroatoms. The molecule has 2 aliphatic heterocycles. The van der Waals surface area contributed by atoms with E-state index >= 15 is 0 Å². The summed E-state index contributed by atoms with van der Waals surface area (Å²) in [6.45, 7) is 8.09. The van der Waals surface area contributed by atoms with Gasteiger partial charge in [-0.05, 0) is 63.2 Å². The molecule has 166 valence electrons. The molecule has 0 saturated carbocycles. The summed E-state index contributed by atoms with van der Waals surface area (Å²) < 4.78 is 5.17. The Morgan fingerprint density at radius 2 is 1.87 bits per heavy atom. The van der Waals surface area contributed by atoms with Crippen molar-refractivity contribution in [3.05, 3.63) is 34.9 Å². The van der Waals surface area contributed by atoms with E-state index in [1.165, 1.54) is 18.4 Å². The molecule has 0 aliphatic carbocycles. The van der Waals surface area contributed by atoms with Crippen LogP contribution in [0.2, 0.25) is 5.02 Å². The summed E-state index contributed by atoms with van der Waals surface area (Å²) in [6, 6.07) is 8.12. The van der Waals surface area contributed by atoms with Gasteiger partial charge in [0.15, 0.2) is 5.96 Å². The van der Waals surface area contributed by atoms with Crippen LogP contribution in [0.25, 0.3) is 0 Å². The molecule has 2 aliphatic rings. The maximum absolute atomic E-state index is 11.9. The molecule has 1 aromatic carbocycles. The maximum atomic E-state index is 11.9. The summed E-state index contributed by atoms with van der Waals surface area (Å²) in [4.78, 5) is 21.2. The quantitative estimate of drug-likeness (QED) is 0.422. The number of nitrogens with zero attached hydrogens (tertiary/aromatic N) is 3. The smallest absolute Gasteiger partial charge is 0.309 e. The van der Waals surface area contributed by atoms with E-state index in [4.69, 9.17) is 16.3 Å². The second kappa shape index (κ2) is 11.6. The number of hydrogen-bond donors (Lipinski definition) is 1. The molecular formula is C23H35ClN4O2. The number of carbonyl (C=O) groups excluding carboxylic acids is 1. The van der Waals surface area contributed by atoms with Crippen LogP contribution in [-0.4, -0.2) is 68.1 Å². The zero-order chi connectivity index (χ0) is 21.3. The molecule has 1 N–H and O–H groups in total. The number of piperidine rings is 2. The van der Waals surface area contributed by atoms with Crippen molar-refractivity contribution in [1.29, 1.82) is 0 Å².